The number of hydrogen-bond donors (Lipinski definition) is 1. The zero-order chi connectivity index (χ0) is 12.2. The Morgan fingerprint density at radius 3 is 2.69 bits per heavy atom. The number of carbonyl (C=O) groups is 2. The van der Waals surface area contributed by atoms with Gasteiger partial charge in [-0.15, -0.1) is 0 Å². The van der Waals surface area contributed by atoms with E-state index in [-0.39, 0.29) is 6.61 Å². The van der Waals surface area contributed by atoms with E-state index in [0.717, 1.165) is 0 Å². The lowest BCUT2D eigenvalue weighted by Crippen LogP contribution is -2.42. The second kappa shape index (κ2) is 4.74. The summed E-state index contributed by atoms with van der Waals surface area (Å²) in [4.78, 5) is 26.7. The van der Waals surface area contributed by atoms with Crippen molar-refractivity contribution in [2.75, 3.05) is 6.61 Å². The molecule has 1 aromatic heterocycles. The third-order valence-electron chi connectivity index (χ3n) is 2.35. The molecule has 0 radical (unpaired) electrons. The molecule has 1 unspecified atom stereocenters. The Bertz CT molecular complexity index is 390. The SMILES string of the molecule is CCOC(=O)C(C)(C(=O)O)c1cccnc1. The van der Waals surface area contributed by atoms with Crippen molar-refractivity contribution in [2.45, 2.75) is 19.3 Å². The van der Waals surface area contributed by atoms with Gasteiger partial charge in [-0.1, -0.05) is 6.07 Å². The van der Waals surface area contributed by atoms with E-state index in [1.165, 1.54) is 25.4 Å². The lowest BCUT2D eigenvalue weighted by Gasteiger charge is -2.22. The van der Waals surface area contributed by atoms with Crippen LogP contribution in [0.3, 0.4) is 0 Å². The van der Waals surface area contributed by atoms with Crippen LogP contribution < -0.4 is 0 Å². The van der Waals surface area contributed by atoms with E-state index in [1.54, 1.807) is 13.0 Å². The molecular formula is C11H13NO4. The topological polar surface area (TPSA) is 76.5 Å². The van der Waals surface area contributed by atoms with Gasteiger partial charge in [-0.2, -0.15) is 0 Å². The van der Waals surface area contributed by atoms with Crippen LogP contribution in [0.4, 0.5) is 0 Å². The normalized spacial score (nSPS) is 13.9. The van der Waals surface area contributed by atoms with Crippen LogP contribution >= 0.6 is 0 Å². The highest BCUT2D eigenvalue weighted by atomic mass is 16.5. The number of nitrogens with zero attached hydrogens (tertiary/aromatic N) is 1. The Labute approximate surface area is 93.1 Å². The minimum atomic E-state index is -1.70. The summed E-state index contributed by atoms with van der Waals surface area (Å²) in [6.07, 6.45) is 2.86. The van der Waals surface area contributed by atoms with Crippen molar-refractivity contribution in [3.05, 3.63) is 30.1 Å². The second-order valence-electron chi connectivity index (χ2n) is 3.39. The molecule has 1 heterocycles. The molecule has 0 saturated carbocycles. The van der Waals surface area contributed by atoms with Crippen molar-refractivity contribution in [3.63, 3.8) is 0 Å². The number of rotatable bonds is 4. The summed E-state index contributed by atoms with van der Waals surface area (Å²) >= 11 is 0. The van der Waals surface area contributed by atoms with Crippen LogP contribution in [0, 0.1) is 0 Å². The summed E-state index contributed by atoms with van der Waals surface area (Å²) in [7, 11) is 0. The Hall–Kier alpha value is -1.91. The van der Waals surface area contributed by atoms with Gasteiger partial charge in [0.2, 0.25) is 0 Å². The Kier molecular flexibility index (Phi) is 3.60. The maximum atomic E-state index is 11.7. The van der Waals surface area contributed by atoms with Gasteiger partial charge in [-0.25, -0.2) is 0 Å². The first kappa shape index (κ1) is 12.2. The minimum absolute atomic E-state index is 0.141. The molecule has 5 heteroatoms. The van der Waals surface area contributed by atoms with E-state index in [1.807, 2.05) is 0 Å². The number of aliphatic carboxylic acids is 1. The van der Waals surface area contributed by atoms with Crippen LogP contribution in [0.15, 0.2) is 24.5 Å². The molecule has 0 spiro atoms. The molecule has 1 atom stereocenters. The fraction of sp³-hybridized carbons (Fsp3) is 0.364. The van der Waals surface area contributed by atoms with Gasteiger partial charge in [0, 0.05) is 12.4 Å². The first-order chi connectivity index (χ1) is 7.53. The maximum absolute atomic E-state index is 11.7. The molecule has 0 aromatic carbocycles. The van der Waals surface area contributed by atoms with E-state index in [0.29, 0.717) is 5.56 Å². The number of esters is 1. The van der Waals surface area contributed by atoms with E-state index in [9.17, 15) is 9.59 Å². The number of ether oxygens (including phenoxy) is 1. The predicted molar refractivity (Wildman–Crippen MR) is 55.9 cm³/mol. The van der Waals surface area contributed by atoms with Crippen molar-refractivity contribution in [2.24, 2.45) is 0 Å². The molecule has 0 aliphatic heterocycles. The van der Waals surface area contributed by atoms with Gasteiger partial charge in [0.25, 0.3) is 0 Å². The van der Waals surface area contributed by atoms with E-state index in [2.05, 4.69) is 4.98 Å². The largest absolute Gasteiger partial charge is 0.480 e. The average Bonchev–Trinajstić information content (AvgIpc) is 2.29. The number of carboxylic acids is 1. The number of pyridine rings is 1. The van der Waals surface area contributed by atoms with Crippen LogP contribution in [-0.4, -0.2) is 28.6 Å². The van der Waals surface area contributed by atoms with Gasteiger partial charge < -0.3 is 9.84 Å². The molecule has 5 nitrogen and oxygen atoms in total. The van der Waals surface area contributed by atoms with Crippen molar-refractivity contribution >= 4 is 11.9 Å². The number of carbonyl (C=O) groups excluding carboxylic acids is 1. The molecule has 1 rings (SSSR count). The molecule has 86 valence electrons. The fourth-order valence-electron chi connectivity index (χ4n) is 1.26. The molecule has 0 aliphatic carbocycles. The highest BCUT2D eigenvalue weighted by Gasteiger charge is 2.44. The van der Waals surface area contributed by atoms with Crippen molar-refractivity contribution in [1.29, 1.82) is 0 Å². The standard InChI is InChI=1S/C11H13NO4/c1-3-16-10(15)11(2,9(13)14)8-5-4-6-12-7-8/h4-7H,3H2,1-2H3,(H,13,14). The Morgan fingerprint density at radius 1 is 1.56 bits per heavy atom. The average molecular weight is 223 g/mol. The minimum Gasteiger partial charge on any atom is -0.480 e. The van der Waals surface area contributed by atoms with Crippen molar-refractivity contribution in [3.8, 4) is 0 Å². The first-order valence-electron chi connectivity index (χ1n) is 4.84. The number of hydrogen-bond acceptors (Lipinski definition) is 4. The summed E-state index contributed by atoms with van der Waals surface area (Å²) in [6.45, 7) is 3.08. The molecule has 16 heavy (non-hydrogen) atoms. The molecule has 1 N–H and O–H groups in total. The zero-order valence-corrected chi connectivity index (χ0v) is 9.14. The van der Waals surface area contributed by atoms with Crippen LogP contribution in [0.25, 0.3) is 0 Å². The summed E-state index contributed by atoms with van der Waals surface area (Å²) < 4.78 is 4.78. The van der Waals surface area contributed by atoms with Crippen molar-refractivity contribution in [1.82, 2.24) is 4.98 Å². The lowest BCUT2D eigenvalue weighted by atomic mass is 9.83. The summed E-state index contributed by atoms with van der Waals surface area (Å²) in [5.74, 6) is -2.03. The number of aromatic nitrogens is 1. The Morgan fingerprint density at radius 2 is 2.25 bits per heavy atom. The van der Waals surface area contributed by atoms with Gasteiger partial charge in [0.05, 0.1) is 6.61 Å². The molecule has 0 fully saturated rings. The van der Waals surface area contributed by atoms with Gasteiger partial charge >= 0.3 is 11.9 Å². The fourth-order valence-corrected chi connectivity index (χ4v) is 1.26. The molecule has 1 aromatic rings. The van der Waals surface area contributed by atoms with Gasteiger partial charge in [-0.3, -0.25) is 14.6 Å². The third-order valence-corrected chi connectivity index (χ3v) is 2.35. The third kappa shape index (κ3) is 2.03. The van der Waals surface area contributed by atoms with Crippen LogP contribution in [-0.2, 0) is 19.7 Å². The number of carboxylic acid groups (broad SMARTS) is 1. The first-order valence-corrected chi connectivity index (χ1v) is 4.84. The van der Waals surface area contributed by atoms with Crippen molar-refractivity contribution < 1.29 is 19.4 Å². The zero-order valence-electron chi connectivity index (χ0n) is 9.14. The summed E-state index contributed by atoms with van der Waals surface area (Å²) in [6, 6.07) is 3.12. The van der Waals surface area contributed by atoms with Gasteiger partial charge in [0.15, 0.2) is 5.41 Å². The van der Waals surface area contributed by atoms with Crippen LogP contribution in [0.2, 0.25) is 0 Å². The lowest BCUT2D eigenvalue weighted by molar-refractivity contribution is -0.160. The molecule has 0 aliphatic rings. The second-order valence-corrected chi connectivity index (χ2v) is 3.39. The van der Waals surface area contributed by atoms with Gasteiger partial charge in [0.1, 0.15) is 0 Å². The highest BCUT2D eigenvalue weighted by molar-refractivity contribution is 6.04. The molecule has 0 saturated heterocycles. The van der Waals surface area contributed by atoms with E-state index >= 15 is 0 Å². The summed E-state index contributed by atoms with van der Waals surface area (Å²) in [5.41, 5.74) is -1.40. The maximum Gasteiger partial charge on any atom is 0.327 e. The molecule has 0 bridgehead atoms. The van der Waals surface area contributed by atoms with Crippen LogP contribution in [0.1, 0.15) is 19.4 Å². The molecule has 0 amide bonds. The van der Waals surface area contributed by atoms with Crippen LogP contribution in [0.5, 0.6) is 0 Å². The predicted octanol–water partition coefficient (Wildman–Crippen LogP) is 0.987. The highest BCUT2D eigenvalue weighted by Crippen LogP contribution is 2.25. The van der Waals surface area contributed by atoms with E-state index < -0.39 is 17.4 Å². The molecular weight excluding hydrogens is 210 g/mol. The van der Waals surface area contributed by atoms with Gasteiger partial charge in [-0.05, 0) is 25.5 Å². The summed E-state index contributed by atoms with van der Waals surface area (Å²) in [5, 5.41) is 9.15. The smallest absolute Gasteiger partial charge is 0.327 e. The Balaban J connectivity index is 3.17. The quantitative estimate of drug-likeness (QED) is 0.608. The van der Waals surface area contributed by atoms with E-state index in [4.69, 9.17) is 9.84 Å². The monoisotopic (exact) mass is 223 g/mol.